The second-order valence-electron chi connectivity index (χ2n) is 5.64. The van der Waals surface area contributed by atoms with Crippen molar-refractivity contribution < 1.29 is 22.7 Å². The third-order valence-corrected chi connectivity index (χ3v) is 3.75. The minimum absolute atomic E-state index is 0.00583. The van der Waals surface area contributed by atoms with Gasteiger partial charge in [0, 0.05) is 6.54 Å². The average molecular weight is 351 g/mol. The number of aryl methyl sites for hydroxylation is 1. The van der Waals surface area contributed by atoms with Crippen LogP contribution in [-0.4, -0.2) is 12.0 Å². The van der Waals surface area contributed by atoms with Gasteiger partial charge in [0.2, 0.25) is 0 Å². The van der Waals surface area contributed by atoms with Crippen LogP contribution >= 0.6 is 0 Å². The summed E-state index contributed by atoms with van der Waals surface area (Å²) in [4.78, 5) is 12.1. The van der Waals surface area contributed by atoms with E-state index in [9.17, 15) is 18.0 Å². The summed E-state index contributed by atoms with van der Waals surface area (Å²) in [6.07, 6.45) is -4.38. The predicted molar refractivity (Wildman–Crippen MR) is 89.2 cm³/mol. The first kappa shape index (κ1) is 18.8. The summed E-state index contributed by atoms with van der Waals surface area (Å²) >= 11 is 0. The van der Waals surface area contributed by atoms with Gasteiger partial charge in [0.1, 0.15) is 5.75 Å². The SMILES string of the molecule is CCc1ccccc1O[C@H](C)C(=O)NCc1cccc(C(F)(F)F)c1. The van der Waals surface area contributed by atoms with Crippen molar-refractivity contribution in [3.63, 3.8) is 0 Å². The number of benzene rings is 2. The van der Waals surface area contributed by atoms with Gasteiger partial charge in [0.05, 0.1) is 5.56 Å². The molecule has 1 atom stereocenters. The van der Waals surface area contributed by atoms with Crippen molar-refractivity contribution in [2.45, 2.75) is 39.1 Å². The van der Waals surface area contributed by atoms with Crippen molar-refractivity contribution in [1.29, 1.82) is 0 Å². The Labute approximate surface area is 144 Å². The van der Waals surface area contributed by atoms with Gasteiger partial charge in [-0.15, -0.1) is 0 Å². The van der Waals surface area contributed by atoms with E-state index in [0.29, 0.717) is 11.3 Å². The Kier molecular flexibility index (Phi) is 6.07. The highest BCUT2D eigenvalue weighted by Crippen LogP contribution is 2.29. The summed E-state index contributed by atoms with van der Waals surface area (Å²) in [7, 11) is 0. The molecule has 0 aliphatic carbocycles. The number of rotatable bonds is 6. The first-order chi connectivity index (χ1) is 11.8. The van der Waals surface area contributed by atoms with Crippen LogP contribution in [0.2, 0.25) is 0 Å². The summed E-state index contributed by atoms with van der Waals surface area (Å²) in [6, 6.07) is 12.3. The zero-order valence-electron chi connectivity index (χ0n) is 14.1. The zero-order chi connectivity index (χ0) is 18.4. The smallest absolute Gasteiger partial charge is 0.416 e. The molecule has 0 aromatic heterocycles. The Balaban J connectivity index is 1.96. The van der Waals surface area contributed by atoms with Crippen LogP contribution in [0, 0.1) is 0 Å². The quantitative estimate of drug-likeness (QED) is 0.840. The van der Waals surface area contributed by atoms with E-state index in [2.05, 4.69) is 5.32 Å². The van der Waals surface area contributed by atoms with Crippen molar-refractivity contribution >= 4 is 5.91 Å². The van der Waals surface area contributed by atoms with Crippen LogP contribution in [0.15, 0.2) is 48.5 Å². The third-order valence-electron chi connectivity index (χ3n) is 3.75. The predicted octanol–water partition coefficient (Wildman–Crippen LogP) is 4.35. The fourth-order valence-corrected chi connectivity index (χ4v) is 2.35. The normalized spacial score (nSPS) is 12.5. The molecule has 0 aliphatic heterocycles. The van der Waals surface area contributed by atoms with Crippen molar-refractivity contribution in [2.24, 2.45) is 0 Å². The second-order valence-corrected chi connectivity index (χ2v) is 5.64. The molecule has 0 spiro atoms. The van der Waals surface area contributed by atoms with Crippen molar-refractivity contribution in [2.75, 3.05) is 0 Å². The Morgan fingerprint density at radius 1 is 1.16 bits per heavy atom. The molecule has 0 heterocycles. The molecule has 2 aromatic rings. The molecular weight excluding hydrogens is 331 g/mol. The Bertz CT molecular complexity index is 729. The van der Waals surface area contributed by atoms with Gasteiger partial charge in [-0.2, -0.15) is 13.2 Å². The molecule has 134 valence electrons. The number of carbonyl (C=O) groups excluding carboxylic acids is 1. The number of ether oxygens (including phenoxy) is 1. The molecular formula is C19H20F3NO2. The van der Waals surface area contributed by atoms with Crippen LogP contribution < -0.4 is 10.1 Å². The summed E-state index contributed by atoms with van der Waals surface area (Å²) in [5, 5.41) is 2.60. The first-order valence-corrected chi connectivity index (χ1v) is 7.99. The first-order valence-electron chi connectivity index (χ1n) is 7.99. The van der Waals surface area contributed by atoms with E-state index in [1.165, 1.54) is 12.1 Å². The lowest BCUT2D eigenvalue weighted by atomic mass is 10.1. The minimum atomic E-state index is -4.40. The van der Waals surface area contributed by atoms with Gasteiger partial charge in [-0.05, 0) is 42.7 Å². The monoisotopic (exact) mass is 351 g/mol. The molecule has 25 heavy (non-hydrogen) atoms. The lowest BCUT2D eigenvalue weighted by Crippen LogP contribution is -2.36. The van der Waals surface area contributed by atoms with Crippen LogP contribution in [0.25, 0.3) is 0 Å². The summed E-state index contributed by atoms with van der Waals surface area (Å²) in [5.74, 6) is 0.245. The number of carbonyl (C=O) groups is 1. The van der Waals surface area contributed by atoms with Crippen LogP contribution in [0.4, 0.5) is 13.2 Å². The summed E-state index contributed by atoms with van der Waals surface area (Å²) in [5.41, 5.74) is 0.629. The van der Waals surface area contributed by atoms with Gasteiger partial charge in [0.25, 0.3) is 5.91 Å². The van der Waals surface area contributed by atoms with Gasteiger partial charge >= 0.3 is 6.18 Å². The minimum Gasteiger partial charge on any atom is -0.481 e. The van der Waals surface area contributed by atoms with E-state index in [1.807, 2.05) is 25.1 Å². The Morgan fingerprint density at radius 2 is 1.88 bits per heavy atom. The molecule has 1 amide bonds. The van der Waals surface area contributed by atoms with E-state index in [1.54, 1.807) is 13.0 Å². The molecule has 3 nitrogen and oxygen atoms in total. The Morgan fingerprint density at radius 3 is 2.56 bits per heavy atom. The highest BCUT2D eigenvalue weighted by molar-refractivity contribution is 5.80. The fourth-order valence-electron chi connectivity index (χ4n) is 2.35. The molecule has 0 aliphatic rings. The number of hydrogen-bond acceptors (Lipinski definition) is 2. The molecule has 6 heteroatoms. The number of hydrogen-bond donors (Lipinski definition) is 1. The molecule has 0 unspecified atom stereocenters. The standard InChI is InChI=1S/C19H20F3NO2/c1-3-15-8-4-5-10-17(15)25-13(2)18(24)23-12-14-7-6-9-16(11-14)19(20,21)22/h4-11,13H,3,12H2,1-2H3,(H,23,24)/t13-/m1/s1. The van der Waals surface area contributed by atoms with Crippen LogP contribution in [0.1, 0.15) is 30.5 Å². The number of nitrogens with one attached hydrogen (secondary N) is 1. The van der Waals surface area contributed by atoms with E-state index in [0.717, 1.165) is 24.1 Å². The van der Waals surface area contributed by atoms with Gasteiger partial charge < -0.3 is 10.1 Å². The van der Waals surface area contributed by atoms with Gasteiger partial charge in [0.15, 0.2) is 6.10 Å². The van der Waals surface area contributed by atoms with Gasteiger partial charge in [-0.3, -0.25) is 4.79 Å². The number of amides is 1. The summed E-state index contributed by atoms with van der Waals surface area (Å²) in [6.45, 7) is 3.60. The lowest BCUT2D eigenvalue weighted by Gasteiger charge is -2.17. The van der Waals surface area contributed by atoms with Crippen LogP contribution in [0.3, 0.4) is 0 Å². The molecule has 2 aromatic carbocycles. The lowest BCUT2D eigenvalue weighted by molar-refractivity contribution is -0.137. The molecule has 2 rings (SSSR count). The molecule has 1 N–H and O–H groups in total. The maximum atomic E-state index is 12.7. The third kappa shape index (κ3) is 5.24. The van der Waals surface area contributed by atoms with Crippen molar-refractivity contribution in [3.05, 3.63) is 65.2 Å². The Hall–Kier alpha value is -2.50. The molecule has 0 saturated heterocycles. The van der Waals surface area contributed by atoms with E-state index in [4.69, 9.17) is 4.74 Å². The highest BCUT2D eigenvalue weighted by Gasteiger charge is 2.30. The van der Waals surface area contributed by atoms with Gasteiger partial charge in [-0.1, -0.05) is 37.3 Å². The molecule has 0 saturated carbocycles. The topological polar surface area (TPSA) is 38.3 Å². The van der Waals surface area contributed by atoms with Crippen LogP contribution in [-0.2, 0) is 23.9 Å². The fraction of sp³-hybridized carbons (Fsp3) is 0.316. The largest absolute Gasteiger partial charge is 0.481 e. The molecule has 0 bridgehead atoms. The van der Waals surface area contributed by atoms with Crippen molar-refractivity contribution in [1.82, 2.24) is 5.32 Å². The van der Waals surface area contributed by atoms with Crippen molar-refractivity contribution in [3.8, 4) is 5.75 Å². The number of alkyl halides is 3. The summed E-state index contributed by atoms with van der Waals surface area (Å²) < 4.78 is 43.8. The zero-order valence-corrected chi connectivity index (χ0v) is 14.1. The van der Waals surface area contributed by atoms with E-state index >= 15 is 0 Å². The van der Waals surface area contributed by atoms with Crippen LogP contribution in [0.5, 0.6) is 5.75 Å². The number of para-hydroxylation sites is 1. The van der Waals surface area contributed by atoms with E-state index in [-0.39, 0.29) is 12.5 Å². The highest BCUT2D eigenvalue weighted by atomic mass is 19.4. The molecule has 0 radical (unpaired) electrons. The maximum Gasteiger partial charge on any atom is 0.416 e. The second kappa shape index (κ2) is 8.05. The molecule has 0 fully saturated rings. The van der Waals surface area contributed by atoms with Gasteiger partial charge in [-0.25, -0.2) is 0 Å². The average Bonchev–Trinajstić information content (AvgIpc) is 2.59. The number of halogens is 3. The maximum absolute atomic E-state index is 12.7. The van der Waals surface area contributed by atoms with E-state index < -0.39 is 17.8 Å².